The summed E-state index contributed by atoms with van der Waals surface area (Å²) in [6.45, 7) is 0.566. The van der Waals surface area contributed by atoms with E-state index in [9.17, 15) is 0 Å². The molecule has 7 heavy (non-hydrogen) atoms. The summed E-state index contributed by atoms with van der Waals surface area (Å²) in [5.41, 5.74) is 0. The van der Waals surface area contributed by atoms with Crippen molar-refractivity contribution in [2.75, 3.05) is 20.3 Å². The van der Waals surface area contributed by atoms with Crippen molar-refractivity contribution in [2.24, 2.45) is 0 Å². The van der Waals surface area contributed by atoms with Crippen molar-refractivity contribution in [1.82, 2.24) is 0 Å². The van der Waals surface area contributed by atoms with E-state index < -0.39 is 0 Å². The van der Waals surface area contributed by atoms with Crippen LogP contribution in [0, 0.1) is 0 Å². The minimum absolute atomic E-state index is 0. The van der Waals surface area contributed by atoms with E-state index in [4.69, 9.17) is 5.11 Å². The first-order valence-electron chi connectivity index (χ1n) is 1.51. The summed E-state index contributed by atoms with van der Waals surface area (Å²) in [6.07, 6.45) is 0. The van der Waals surface area contributed by atoms with Gasteiger partial charge in [-0.2, -0.15) is 0 Å². The van der Waals surface area contributed by atoms with Crippen LogP contribution in [0.2, 0.25) is 0 Å². The number of methoxy groups -OCH3 is 1. The topological polar surface area (TPSA) is 61.0 Å². The summed E-state index contributed by atoms with van der Waals surface area (Å²) in [5.74, 6) is 0. The van der Waals surface area contributed by atoms with E-state index in [1.165, 1.54) is 0 Å². The largest absolute Gasteiger partial charge is 0.412 e. The Morgan fingerprint density at radius 3 is 2.00 bits per heavy atom. The molecule has 0 atom stereocenters. The van der Waals surface area contributed by atoms with Crippen LogP contribution >= 0.6 is 0 Å². The Labute approximate surface area is 68.2 Å². The van der Waals surface area contributed by atoms with Crippen molar-refractivity contribution in [3.8, 4) is 0 Å². The van der Waals surface area contributed by atoms with E-state index >= 15 is 0 Å². The second-order valence-electron chi connectivity index (χ2n) is 0.716. The summed E-state index contributed by atoms with van der Waals surface area (Å²) >= 11 is 0. The summed E-state index contributed by atoms with van der Waals surface area (Å²) < 4.78 is 4.44. The van der Waals surface area contributed by atoms with Crippen molar-refractivity contribution in [1.29, 1.82) is 0 Å². The van der Waals surface area contributed by atoms with Gasteiger partial charge in [0.2, 0.25) is 0 Å². The molecular weight excluding hydrogens is 173 g/mol. The molecule has 0 aliphatic carbocycles. The van der Waals surface area contributed by atoms with Gasteiger partial charge in [0.25, 0.3) is 0 Å². The Kier molecular flexibility index (Phi) is 35.3. The predicted molar refractivity (Wildman–Crippen MR) is 22.6 cm³/mol. The van der Waals surface area contributed by atoms with Gasteiger partial charge in [0.05, 0.1) is 13.2 Å². The van der Waals surface area contributed by atoms with Crippen molar-refractivity contribution >= 4 is 0 Å². The van der Waals surface area contributed by atoms with Gasteiger partial charge in [-0.15, -0.1) is 0 Å². The molecule has 0 bridgehead atoms. The zero-order valence-corrected chi connectivity index (χ0v) is 7.19. The fraction of sp³-hybridized carbons (Fsp3) is 1.00. The number of rotatable bonds is 2. The smallest absolute Gasteiger partial charge is 0.0693 e. The summed E-state index contributed by atoms with van der Waals surface area (Å²) in [4.78, 5) is 0. The maximum Gasteiger partial charge on any atom is 0.0693 e. The fourth-order valence-corrected chi connectivity index (χ4v) is 0.0913. The molecule has 0 spiro atoms. The molecule has 0 saturated heterocycles. The fourth-order valence-electron chi connectivity index (χ4n) is 0.0913. The van der Waals surface area contributed by atoms with Gasteiger partial charge >= 0.3 is 0 Å². The Balaban J connectivity index is -0.0000000800. The van der Waals surface area contributed by atoms with E-state index in [0.29, 0.717) is 6.61 Å². The number of hydrogen-bond donors (Lipinski definition) is 1. The number of ether oxygens (including phenoxy) is 1. The minimum Gasteiger partial charge on any atom is -0.412 e. The van der Waals surface area contributed by atoms with Crippen molar-refractivity contribution in [2.45, 2.75) is 0 Å². The Morgan fingerprint density at radius 2 is 2.00 bits per heavy atom. The van der Waals surface area contributed by atoms with Crippen LogP contribution in [0.15, 0.2) is 0 Å². The molecule has 4 heteroatoms. The van der Waals surface area contributed by atoms with Crippen molar-refractivity contribution < 1.29 is 48.0 Å². The van der Waals surface area contributed by atoms with Gasteiger partial charge in [0.1, 0.15) is 0 Å². The standard InChI is InChI=1S/C3H8O2.H2O.Y/c1-5-3-2-4;;/h4H,2-3H2,1H3;1H2;. The molecule has 0 rings (SSSR count). The predicted octanol–water partition coefficient (Wildman–Crippen LogP) is -1.20. The van der Waals surface area contributed by atoms with Gasteiger partial charge in [-0.3, -0.25) is 0 Å². The summed E-state index contributed by atoms with van der Waals surface area (Å²) in [7, 11) is 1.55. The van der Waals surface area contributed by atoms with Crippen molar-refractivity contribution in [3.63, 3.8) is 0 Å². The normalized spacial score (nSPS) is 6.00. The van der Waals surface area contributed by atoms with Crippen LogP contribution < -0.4 is 0 Å². The Morgan fingerprint density at radius 1 is 1.57 bits per heavy atom. The van der Waals surface area contributed by atoms with Crippen LogP contribution in [-0.4, -0.2) is 30.9 Å². The molecule has 0 aromatic rings. The molecule has 3 nitrogen and oxygen atoms in total. The maximum absolute atomic E-state index is 7.94. The average molecular weight is 183 g/mol. The quantitative estimate of drug-likeness (QED) is 0.584. The van der Waals surface area contributed by atoms with E-state index in [1.54, 1.807) is 7.11 Å². The van der Waals surface area contributed by atoms with Gasteiger partial charge in [-0.25, -0.2) is 0 Å². The minimum atomic E-state index is 0. The molecule has 0 aliphatic rings. The molecule has 1 radical (unpaired) electrons. The molecule has 0 heterocycles. The maximum atomic E-state index is 7.94. The third-order valence-electron chi connectivity index (χ3n) is 0.295. The third kappa shape index (κ3) is 19.5. The molecule has 0 aliphatic heterocycles. The third-order valence-corrected chi connectivity index (χ3v) is 0.295. The number of aliphatic hydroxyl groups is 1. The van der Waals surface area contributed by atoms with Crippen LogP contribution in [-0.2, 0) is 37.4 Å². The molecule has 0 amide bonds. The van der Waals surface area contributed by atoms with Crippen LogP contribution in [0.3, 0.4) is 0 Å². The zero-order valence-electron chi connectivity index (χ0n) is 4.35. The second-order valence-corrected chi connectivity index (χ2v) is 0.716. The van der Waals surface area contributed by atoms with Gasteiger partial charge in [-0.05, 0) is 0 Å². The molecule has 0 fully saturated rings. The molecule has 0 saturated carbocycles. The second kappa shape index (κ2) is 15.8. The van der Waals surface area contributed by atoms with E-state index in [-0.39, 0.29) is 44.8 Å². The van der Waals surface area contributed by atoms with E-state index in [2.05, 4.69) is 4.74 Å². The summed E-state index contributed by atoms with van der Waals surface area (Å²) in [6, 6.07) is 0. The van der Waals surface area contributed by atoms with Crippen LogP contribution in [0.4, 0.5) is 0 Å². The first-order valence-corrected chi connectivity index (χ1v) is 1.51. The molecule has 43 valence electrons. The van der Waals surface area contributed by atoms with E-state index in [0.717, 1.165) is 0 Å². The zero-order chi connectivity index (χ0) is 4.12. The molecule has 0 unspecified atom stereocenters. The van der Waals surface area contributed by atoms with Crippen LogP contribution in [0.1, 0.15) is 0 Å². The average Bonchev–Trinajstić information content (AvgIpc) is 1.41. The SMILES string of the molecule is COCCO.O.[Y]. The number of hydrogen-bond acceptors (Lipinski definition) is 2. The van der Waals surface area contributed by atoms with Gasteiger partial charge in [0, 0.05) is 39.8 Å². The summed E-state index contributed by atoms with van der Waals surface area (Å²) in [5, 5.41) is 7.94. The van der Waals surface area contributed by atoms with Crippen LogP contribution in [0.5, 0.6) is 0 Å². The Hall–Kier alpha value is 0.984. The van der Waals surface area contributed by atoms with Gasteiger partial charge in [0.15, 0.2) is 0 Å². The monoisotopic (exact) mass is 183 g/mol. The number of aliphatic hydroxyl groups excluding tert-OH is 1. The molecule has 3 N–H and O–H groups in total. The van der Waals surface area contributed by atoms with E-state index in [1.807, 2.05) is 0 Å². The van der Waals surface area contributed by atoms with Gasteiger partial charge in [-0.1, -0.05) is 0 Å². The Bertz CT molecular complexity index is 17.7. The molecular formula is C3H10O3Y. The molecule has 0 aromatic carbocycles. The van der Waals surface area contributed by atoms with Gasteiger partial charge < -0.3 is 15.3 Å². The van der Waals surface area contributed by atoms with Crippen molar-refractivity contribution in [3.05, 3.63) is 0 Å². The van der Waals surface area contributed by atoms with Crippen LogP contribution in [0.25, 0.3) is 0 Å². The first kappa shape index (κ1) is 15.7. The first-order chi connectivity index (χ1) is 2.41. The molecule has 0 aromatic heterocycles.